The van der Waals surface area contributed by atoms with Crippen LogP contribution in [0.3, 0.4) is 0 Å². The third-order valence-electron chi connectivity index (χ3n) is 4.12. The van der Waals surface area contributed by atoms with Gasteiger partial charge in [-0.1, -0.05) is 0 Å². The van der Waals surface area contributed by atoms with Crippen molar-refractivity contribution < 1.29 is 27.2 Å². The molecule has 9 nitrogen and oxygen atoms in total. The van der Waals surface area contributed by atoms with Crippen molar-refractivity contribution in [2.24, 2.45) is 0 Å². The van der Waals surface area contributed by atoms with Crippen LogP contribution in [0.1, 0.15) is 10.6 Å². The van der Waals surface area contributed by atoms with Crippen LogP contribution >= 0.6 is 0 Å². The van der Waals surface area contributed by atoms with Crippen LogP contribution in [0.25, 0.3) is 0 Å². The number of ether oxygens (including phenoxy) is 1. The zero-order valence-electron chi connectivity index (χ0n) is 13.5. The van der Waals surface area contributed by atoms with Gasteiger partial charge in [-0.25, -0.2) is 12.7 Å². The Kier molecular flexibility index (Phi) is 4.37. The van der Waals surface area contributed by atoms with E-state index < -0.39 is 15.9 Å². The van der Waals surface area contributed by atoms with E-state index in [9.17, 15) is 18.0 Å². The van der Waals surface area contributed by atoms with Crippen molar-refractivity contribution in [2.45, 2.75) is 11.1 Å². The second-order valence-corrected chi connectivity index (χ2v) is 7.99. The summed E-state index contributed by atoms with van der Waals surface area (Å²) in [4.78, 5) is 27.8. The molecule has 3 rings (SSSR count). The highest BCUT2D eigenvalue weighted by Gasteiger charge is 2.37. The van der Waals surface area contributed by atoms with Gasteiger partial charge in [-0.15, -0.1) is 0 Å². The lowest BCUT2D eigenvalue weighted by atomic mass is 10.1. The van der Waals surface area contributed by atoms with Gasteiger partial charge in [-0.3, -0.25) is 9.59 Å². The van der Waals surface area contributed by atoms with E-state index in [4.69, 9.17) is 9.15 Å². The molecule has 132 valence electrons. The SMILES string of the molecule is CN(C)S(=O)(=O)c1ccc(C(=O)N2CC(=O)N3CCOCC3C2)o1. The topological polar surface area (TPSA) is 100 Å². The Morgan fingerprint density at radius 3 is 2.79 bits per heavy atom. The maximum Gasteiger partial charge on any atom is 0.290 e. The Bertz CT molecular complexity index is 756. The summed E-state index contributed by atoms with van der Waals surface area (Å²) in [6.07, 6.45) is 0. The number of rotatable bonds is 3. The number of amides is 2. The van der Waals surface area contributed by atoms with Crippen LogP contribution in [0.4, 0.5) is 0 Å². The number of sulfonamides is 1. The zero-order valence-corrected chi connectivity index (χ0v) is 14.3. The van der Waals surface area contributed by atoms with Crippen molar-refractivity contribution in [1.82, 2.24) is 14.1 Å². The second kappa shape index (κ2) is 6.19. The molecule has 1 unspecified atom stereocenters. The van der Waals surface area contributed by atoms with Gasteiger partial charge in [-0.05, 0) is 12.1 Å². The minimum atomic E-state index is -3.75. The molecule has 2 aliphatic rings. The highest BCUT2D eigenvalue weighted by Crippen LogP contribution is 2.21. The molecule has 2 aliphatic heterocycles. The number of carbonyl (C=O) groups excluding carboxylic acids is 2. The first-order valence-corrected chi connectivity index (χ1v) is 8.93. The molecule has 0 bridgehead atoms. The minimum Gasteiger partial charge on any atom is -0.438 e. The Hall–Kier alpha value is -1.91. The summed E-state index contributed by atoms with van der Waals surface area (Å²) in [6, 6.07) is 2.38. The van der Waals surface area contributed by atoms with E-state index in [1.807, 2.05) is 0 Å². The van der Waals surface area contributed by atoms with Crippen LogP contribution < -0.4 is 0 Å². The molecule has 2 amide bonds. The van der Waals surface area contributed by atoms with E-state index in [1.54, 1.807) is 4.90 Å². The Morgan fingerprint density at radius 2 is 2.08 bits per heavy atom. The van der Waals surface area contributed by atoms with Crippen molar-refractivity contribution in [3.8, 4) is 0 Å². The molecular formula is C14H19N3O6S. The van der Waals surface area contributed by atoms with E-state index in [0.29, 0.717) is 26.3 Å². The molecule has 2 saturated heterocycles. The first kappa shape index (κ1) is 16.9. The number of furan rings is 1. The van der Waals surface area contributed by atoms with Crippen molar-refractivity contribution >= 4 is 21.8 Å². The van der Waals surface area contributed by atoms with E-state index in [0.717, 1.165) is 4.31 Å². The number of hydrogen-bond donors (Lipinski definition) is 0. The number of fused-ring (bicyclic) bond motifs is 1. The molecule has 1 aromatic rings. The van der Waals surface area contributed by atoms with Crippen LogP contribution in [0, 0.1) is 0 Å². The highest BCUT2D eigenvalue weighted by atomic mass is 32.2. The minimum absolute atomic E-state index is 0.0498. The molecule has 0 aromatic carbocycles. The van der Waals surface area contributed by atoms with Gasteiger partial charge in [0.25, 0.3) is 15.9 Å². The van der Waals surface area contributed by atoms with Crippen molar-refractivity contribution in [3.63, 3.8) is 0 Å². The molecule has 24 heavy (non-hydrogen) atoms. The van der Waals surface area contributed by atoms with Crippen molar-refractivity contribution in [2.75, 3.05) is 46.9 Å². The molecule has 0 spiro atoms. The van der Waals surface area contributed by atoms with Gasteiger partial charge in [0, 0.05) is 27.2 Å². The van der Waals surface area contributed by atoms with E-state index >= 15 is 0 Å². The van der Waals surface area contributed by atoms with Gasteiger partial charge in [0.05, 0.1) is 19.3 Å². The number of hydrogen-bond acceptors (Lipinski definition) is 6. The van der Waals surface area contributed by atoms with Crippen LogP contribution in [0.2, 0.25) is 0 Å². The highest BCUT2D eigenvalue weighted by molar-refractivity contribution is 7.88. The number of piperazine rings is 1. The van der Waals surface area contributed by atoms with E-state index in [1.165, 1.54) is 31.1 Å². The lowest BCUT2D eigenvalue weighted by Crippen LogP contribution is -2.61. The molecule has 0 N–H and O–H groups in total. The average molecular weight is 357 g/mol. The van der Waals surface area contributed by atoms with Crippen LogP contribution in [-0.4, -0.2) is 87.3 Å². The number of carbonyl (C=O) groups is 2. The molecule has 1 atom stereocenters. The van der Waals surface area contributed by atoms with Crippen molar-refractivity contribution in [1.29, 1.82) is 0 Å². The third kappa shape index (κ3) is 2.92. The fourth-order valence-corrected chi connectivity index (χ4v) is 3.57. The van der Waals surface area contributed by atoms with Gasteiger partial charge in [0.15, 0.2) is 5.76 Å². The summed E-state index contributed by atoms with van der Waals surface area (Å²) in [7, 11) is -0.999. The number of nitrogens with zero attached hydrogens (tertiary/aromatic N) is 3. The van der Waals surface area contributed by atoms with Gasteiger partial charge in [-0.2, -0.15) is 0 Å². The largest absolute Gasteiger partial charge is 0.438 e. The molecule has 0 radical (unpaired) electrons. The summed E-state index contributed by atoms with van der Waals surface area (Å²) >= 11 is 0. The molecule has 2 fully saturated rings. The predicted octanol–water partition coefficient (Wildman–Crippen LogP) is -0.787. The zero-order chi connectivity index (χ0) is 17.5. The molecule has 3 heterocycles. The number of morpholine rings is 1. The smallest absolute Gasteiger partial charge is 0.290 e. The molecule has 0 saturated carbocycles. The van der Waals surface area contributed by atoms with E-state index in [2.05, 4.69) is 0 Å². The van der Waals surface area contributed by atoms with Crippen LogP contribution in [0.5, 0.6) is 0 Å². The second-order valence-electron chi connectivity index (χ2n) is 5.91. The van der Waals surface area contributed by atoms with E-state index in [-0.39, 0.29) is 29.3 Å². The first-order chi connectivity index (χ1) is 11.3. The van der Waals surface area contributed by atoms with Crippen molar-refractivity contribution in [3.05, 3.63) is 17.9 Å². The lowest BCUT2D eigenvalue weighted by molar-refractivity contribution is -0.146. The quantitative estimate of drug-likeness (QED) is 0.703. The summed E-state index contributed by atoms with van der Waals surface area (Å²) in [6.45, 7) is 1.69. The Labute approximate surface area is 139 Å². The third-order valence-corrected chi connectivity index (χ3v) is 5.81. The average Bonchev–Trinajstić information content (AvgIpc) is 3.04. The van der Waals surface area contributed by atoms with Gasteiger partial charge in [0.1, 0.15) is 6.54 Å². The maximum atomic E-state index is 12.5. The summed E-state index contributed by atoms with van der Waals surface area (Å²) in [5.74, 6) is -0.752. The fourth-order valence-electron chi connectivity index (χ4n) is 2.77. The summed E-state index contributed by atoms with van der Waals surface area (Å²) < 4.78 is 35.6. The standard InChI is InChI=1S/C14H19N3O6S/c1-15(2)24(20,21)13-4-3-11(23-13)14(19)16-7-10-9-22-6-5-17(10)12(18)8-16/h3-4,10H,5-9H2,1-2H3. The Balaban J connectivity index is 1.78. The summed E-state index contributed by atoms with van der Waals surface area (Å²) in [5.41, 5.74) is 0. The summed E-state index contributed by atoms with van der Waals surface area (Å²) in [5, 5.41) is -0.304. The molecule has 1 aromatic heterocycles. The van der Waals surface area contributed by atoms with Gasteiger partial charge >= 0.3 is 0 Å². The Morgan fingerprint density at radius 1 is 1.33 bits per heavy atom. The fraction of sp³-hybridized carbons (Fsp3) is 0.571. The maximum absolute atomic E-state index is 12.5. The normalized spacial score (nSPS) is 22.0. The molecular weight excluding hydrogens is 338 g/mol. The monoisotopic (exact) mass is 357 g/mol. The van der Waals surface area contributed by atoms with Gasteiger partial charge < -0.3 is 19.0 Å². The predicted molar refractivity (Wildman–Crippen MR) is 81.8 cm³/mol. The first-order valence-electron chi connectivity index (χ1n) is 7.49. The van der Waals surface area contributed by atoms with Gasteiger partial charge in [0.2, 0.25) is 11.0 Å². The lowest BCUT2D eigenvalue weighted by Gasteiger charge is -2.43. The molecule has 0 aliphatic carbocycles. The van der Waals surface area contributed by atoms with Crippen LogP contribution in [-0.2, 0) is 19.6 Å². The van der Waals surface area contributed by atoms with Crippen LogP contribution in [0.15, 0.2) is 21.6 Å². The molecule has 10 heteroatoms.